The van der Waals surface area contributed by atoms with Crippen molar-refractivity contribution in [1.82, 2.24) is 0 Å². The molecule has 1 aromatic rings. The van der Waals surface area contributed by atoms with E-state index < -0.39 is 0 Å². The molecule has 0 aliphatic heterocycles. The fraction of sp³-hybridized carbons (Fsp3) is 0.364. The van der Waals surface area contributed by atoms with Crippen molar-refractivity contribution in [3.05, 3.63) is 28.8 Å². The lowest BCUT2D eigenvalue weighted by Crippen LogP contribution is -2.13. The third kappa shape index (κ3) is 4.11. The molecular weight excluding hydrogens is 260 g/mol. The van der Waals surface area contributed by atoms with Gasteiger partial charge in [0, 0.05) is 22.8 Å². The number of aliphatic hydroxyl groups is 1. The van der Waals surface area contributed by atoms with Crippen LogP contribution in [-0.2, 0) is 0 Å². The molecule has 1 atom stereocenters. The number of nitrogens with two attached hydrogens (primary N) is 1. The van der Waals surface area contributed by atoms with Crippen LogP contribution in [0.5, 0.6) is 0 Å². The Morgan fingerprint density at radius 1 is 1.59 bits per heavy atom. The Morgan fingerprint density at radius 3 is 2.82 bits per heavy atom. The van der Waals surface area contributed by atoms with Gasteiger partial charge in [-0.05, 0) is 24.1 Å². The Labute approximate surface area is 109 Å². The summed E-state index contributed by atoms with van der Waals surface area (Å²) in [6, 6.07) is 5.33. The van der Waals surface area contributed by atoms with Crippen LogP contribution in [0.4, 0.5) is 0 Å². The number of hydrogen-bond acceptors (Lipinski definition) is 4. The number of oxime groups is 1. The SMILES string of the molecule is CC(CO)CSc1ccc(C(N)=NO)c(Cl)c1. The van der Waals surface area contributed by atoms with Crippen LogP contribution < -0.4 is 5.73 Å². The van der Waals surface area contributed by atoms with Crippen LogP contribution in [0.2, 0.25) is 5.02 Å². The Morgan fingerprint density at radius 2 is 2.29 bits per heavy atom. The number of thioether (sulfide) groups is 1. The van der Waals surface area contributed by atoms with Gasteiger partial charge in [0.25, 0.3) is 0 Å². The zero-order chi connectivity index (χ0) is 12.8. The highest BCUT2D eigenvalue weighted by atomic mass is 35.5. The molecule has 1 rings (SSSR count). The second kappa shape index (κ2) is 6.74. The van der Waals surface area contributed by atoms with E-state index in [1.54, 1.807) is 23.9 Å². The number of hydrogen-bond donors (Lipinski definition) is 3. The average molecular weight is 275 g/mol. The first-order chi connectivity index (χ1) is 8.08. The number of rotatable bonds is 5. The Bertz CT molecular complexity index is 412. The van der Waals surface area contributed by atoms with Gasteiger partial charge in [-0.1, -0.05) is 23.7 Å². The minimum Gasteiger partial charge on any atom is -0.409 e. The van der Waals surface area contributed by atoms with Gasteiger partial charge < -0.3 is 16.0 Å². The summed E-state index contributed by atoms with van der Waals surface area (Å²) in [4.78, 5) is 0.991. The molecule has 1 unspecified atom stereocenters. The standard InChI is InChI=1S/C11H15ClN2O2S/c1-7(5-15)6-17-8-2-3-9(10(12)4-8)11(13)14-16/h2-4,7,15-16H,5-6H2,1H3,(H2,13,14). The normalized spacial score (nSPS) is 13.7. The highest BCUT2D eigenvalue weighted by molar-refractivity contribution is 7.99. The van der Waals surface area contributed by atoms with Gasteiger partial charge in [0.15, 0.2) is 5.84 Å². The predicted octanol–water partition coefficient (Wildman–Crippen LogP) is 2.16. The fourth-order valence-corrected chi connectivity index (χ4v) is 2.43. The third-order valence-electron chi connectivity index (χ3n) is 2.17. The molecule has 0 saturated heterocycles. The molecule has 17 heavy (non-hydrogen) atoms. The van der Waals surface area contributed by atoms with Gasteiger partial charge in [-0.15, -0.1) is 11.8 Å². The first kappa shape index (κ1) is 14.2. The van der Waals surface area contributed by atoms with E-state index in [-0.39, 0.29) is 18.4 Å². The maximum Gasteiger partial charge on any atom is 0.171 e. The van der Waals surface area contributed by atoms with Gasteiger partial charge in [0.2, 0.25) is 0 Å². The third-order valence-corrected chi connectivity index (χ3v) is 3.81. The largest absolute Gasteiger partial charge is 0.409 e. The second-order valence-electron chi connectivity index (χ2n) is 3.73. The van der Waals surface area contributed by atoms with Crippen LogP contribution in [0.25, 0.3) is 0 Å². The van der Waals surface area contributed by atoms with Crippen LogP contribution >= 0.6 is 23.4 Å². The van der Waals surface area contributed by atoms with E-state index in [9.17, 15) is 0 Å². The second-order valence-corrected chi connectivity index (χ2v) is 5.23. The van der Waals surface area contributed by atoms with Crippen LogP contribution in [0.3, 0.4) is 0 Å². The molecule has 0 spiro atoms. The van der Waals surface area contributed by atoms with E-state index in [4.69, 9.17) is 27.6 Å². The molecule has 6 heteroatoms. The van der Waals surface area contributed by atoms with Crippen molar-refractivity contribution in [3.8, 4) is 0 Å². The van der Waals surface area contributed by atoms with E-state index in [1.807, 2.05) is 13.0 Å². The van der Waals surface area contributed by atoms with Crippen molar-refractivity contribution in [2.75, 3.05) is 12.4 Å². The topological polar surface area (TPSA) is 78.8 Å². The highest BCUT2D eigenvalue weighted by Gasteiger charge is 2.07. The Kier molecular flexibility index (Phi) is 5.61. The lowest BCUT2D eigenvalue weighted by atomic mass is 10.2. The van der Waals surface area contributed by atoms with Crippen molar-refractivity contribution in [2.24, 2.45) is 16.8 Å². The quantitative estimate of drug-likeness (QED) is 0.253. The zero-order valence-electron chi connectivity index (χ0n) is 9.43. The number of aliphatic hydroxyl groups excluding tert-OH is 1. The van der Waals surface area contributed by atoms with E-state index in [0.717, 1.165) is 10.6 Å². The molecule has 0 aliphatic rings. The molecule has 94 valence electrons. The Balaban J connectivity index is 2.75. The molecule has 0 fully saturated rings. The van der Waals surface area contributed by atoms with Crippen LogP contribution in [0.15, 0.2) is 28.3 Å². The summed E-state index contributed by atoms with van der Waals surface area (Å²) in [5.74, 6) is 1.05. The van der Waals surface area contributed by atoms with Gasteiger partial charge in [0.05, 0.1) is 5.02 Å². The predicted molar refractivity (Wildman–Crippen MR) is 70.9 cm³/mol. The van der Waals surface area contributed by atoms with Crippen molar-refractivity contribution in [2.45, 2.75) is 11.8 Å². The van der Waals surface area contributed by atoms with E-state index >= 15 is 0 Å². The lowest BCUT2D eigenvalue weighted by molar-refractivity contribution is 0.250. The molecule has 1 aromatic carbocycles. The molecule has 4 nitrogen and oxygen atoms in total. The first-order valence-corrected chi connectivity index (χ1v) is 6.46. The molecule has 0 saturated carbocycles. The van der Waals surface area contributed by atoms with Gasteiger partial charge in [0.1, 0.15) is 0 Å². The van der Waals surface area contributed by atoms with Crippen molar-refractivity contribution in [1.29, 1.82) is 0 Å². The Hall–Kier alpha value is -0.910. The fourth-order valence-electron chi connectivity index (χ4n) is 1.14. The van der Waals surface area contributed by atoms with Crippen molar-refractivity contribution >= 4 is 29.2 Å². The lowest BCUT2D eigenvalue weighted by Gasteiger charge is -2.08. The summed E-state index contributed by atoms with van der Waals surface area (Å²) >= 11 is 7.63. The number of benzene rings is 1. The molecule has 0 radical (unpaired) electrons. The van der Waals surface area contributed by atoms with Gasteiger partial charge in [-0.2, -0.15) is 0 Å². The number of nitrogens with zero attached hydrogens (tertiary/aromatic N) is 1. The van der Waals surface area contributed by atoms with Gasteiger partial charge >= 0.3 is 0 Å². The molecular formula is C11H15ClN2O2S. The average Bonchev–Trinajstić information content (AvgIpc) is 2.35. The van der Waals surface area contributed by atoms with E-state index in [2.05, 4.69) is 5.16 Å². The minimum absolute atomic E-state index is 0.00437. The van der Waals surface area contributed by atoms with Crippen molar-refractivity contribution in [3.63, 3.8) is 0 Å². The molecule has 0 bridgehead atoms. The molecule has 4 N–H and O–H groups in total. The summed E-state index contributed by atoms with van der Waals surface area (Å²) < 4.78 is 0. The summed E-state index contributed by atoms with van der Waals surface area (Å²) in [6.45, 7) is 2.14. The van der Waals surface area contributed by atoms with Crippen LogP contribution in [-0.4, -0.2) is 28.5 Å². The smallest absolute Gasteiger partial charge is 0.171 e. The first-order valence-electron chi connectivity index (χ1n) is 5.09. The highest BCUT2D eigenvalue weighted by Crippen LogP contribution is 2.26. The van der Waals surface area contributed by atoms with Crippen LogP contribution in [0, 0.1) is 5.92 Å². The summed E-state index contributed by atoms with van der Waals surface area (Å²) in [6.07, 6.45) is 0. The van der Waals surface area contributed by atoms with Gasteiger partial charge in [-0.25, -0.2) is 0 Å². The van der Waals surface area contributed by atoms with Crippen LogP contribution in [0.1, 0.15) is 12.5 Å². The summed E-state index contributed by atoms with van der Waals surface area (Å²) in [7, 11) is 0. The van der Waals surface area contributed by atoms with E-state index in [1.165, 1.54) is 0 Å². The molecule has 0 heterocycles. The number of halogens is 1. The summed E-state index contributed by atoms with van der Waals surface area (Å²) in [5, 5.41) is 20.8. The molecule has 0 aliphatic carbocycles. The molecule has 0 aromatic heterocycles. The van der Waals surface area contributed by atoms with Gasteiger partial charge in [-0.3, -0.25) is 0 Å². The zero-order valence-corrected chi connectivity index (χ0v) is 11.0. The maximum atomic E-state index is 8.92. The number of amidine groups is 1. The monoisotopic (exact) mass is 274 g/mol. The summed E-state index contributed by atoms with van der Waals surface area (Å²) in [5.41, 5.74) is 5.97. The maximum absolute atomic E-state index is 8.92. The minimum atomic E-state index is -0.00437. The van der Waals surface area contributed by atoms with E-state index in [0.29, 0.717) is 10.6 Å². The van der Waals surface area contributed by atoms with Crippen molar-refractivity contribution < 1.29 is 10.3 Å². The molecule has 0 amide bonds.